The van der Waals surface area contributed by atoms with Gasteiger partial charge >= 0.3 is 11.9 Å². The molecule has 0 saturated carbocycles. The molecule has 1 aromatic carbocycles. The topological polar surface area (TPSA) is 203 Å². The fourth-order valence-electron chi connectivity index (χ4n) is 1.97. The van der Waals surface area contributed by atoms with Crippen LogP contribution in [-0.2, 0) is 14.2 Å². The number of esters is 2. The molecule has 0 amide bonds. The van der Waals surface area contributed by atoms with E-state index in [0.29, 0.717) is 44.0 Å². The summed E-state index contributed by atoms with van der Waals surface area (Å²) in [6.45, 7) is 2.83. The highest BCUT2D eigenvalue weighted by atomic mass is 16.6. The maximum Gasteiger partial charge on any atom is 0.346 e. The van der Waals surface area contributed by atoms with Gasteiger partial charge in [-0.3, -0.25) is 0 Å². The van der Waals surface area contributed by atoms with Gasteiger partial charge < -0.3 is 50.0 Å². The van der Waals surface area contributed by atoms with Gasteiger partial charge in [0.05, 0.1) is 83.8 Å². The number of carbonyl (C=O) groups is 2. The number of ether oxygens (including phenoxy) is 3. The fraction of sp³-hybridized carbons (Fsp3) is 0.636. The van der Waals surface area contributed by atoms with Gasteiger partial charge in [0.25, 0.3) is 0 Å². The number of hydrogen-bond donors (Lipinski definition) is 7. The van der Waals surface area contributed by atoms with E-state index in [9.17, 15) is 9.59 Å². The van der Waals surface area contributed by atoms with E-state index in [4.69, 9.17) is 45.2 Å². The van der Waals surface area contributed by atoms with Crippen LogP contribution in [-0.4, -0.2) is 120 Å². The summed E-state index contributed by atoms with van der Waals surface area (Å²) in [5, 5.41) is 57.7. The molecule has 0 radical (unpaired) electrons. The Morgan fingerprint density at radius 3 is 1.29 bits per heavy atom. The summed E-state index contributed by atoms with van der Waals surface area (Å²) < 4.78 is 14.1. The number of aliphatic hydroxyl groups excluding tert-OH is 7. The van der Waals surface area contributed by atoms with E-state index in [1.165, 1.54) is 0 Å². The Kier molecular flexibility index (Phi) is 22.9. The molecule has 198 valence electrons. The van der Waals surface area contributed by atoms with Gasteiger partial charge in [0.15, 0.2) is 0 Å². The van der Waals surface area contributed by atoms with Gasteiger partial charge in [-0.15, -0.1) is 0 Å². The third-order valence-corrected chi connectivity index (χ3v) is 4.25. The summed E-state index contributed by atoms with van der Waals surface area (Å²) in [7, 11) is 0. The van der Waals surface area contributed by atoms with E-state index >= 15 is 0 Å². The van der Waals surface area contributed by atoms with Crippen molar-refractivity contribution in [1.82, 2.24) is 0 Å². The van der Waals surface area contributed by atoms with Crippen molar-refractivity contribution in [2.45, 2.75) is 13.3 Å². The van der Waals surface area contributed by atoms with Crippen LogP contribution in [0.4, 0.5) is 0 Å². The minimum atomic E-state index is -0.667. The van der Waals surface area contributed by atoms with E-state index in [2.05, 4.69) is 4.74 Å². The smallest absolute Gasteiger partial charge is 0.346 e. The van der Waals surface area contributed by atoms with Crippen LogP contribution in [0, 0.1) is 5.41 Å². The minimum absolute atomic E-state index is 0.0417. The summed E-state index contributed by atoms with van der Waals surface area (Å²) in [5.74, 6) is -1.10. The summed E-state index contributed by atoms with van der Waals surface area (Å²) in [5.41, 5.74) is 0.0509. The lowest BCUT2D eigenvalue weighted by Crippen LogP contribution is -2.32. The molecule has 7 N–H and O–H groups in total. The first kappa shape index (κ1) is 34.2. The molecule has 2 rings (SSSR count). The lowest BCUT2D eigenvalue weighted by Gasteiger charge is -2.24. The first-order valence-electron chi connectivity index (χ1n) is 10.6. The van der Waals surface area contributed by atoms with Gasteiger partial charge in [0.1, 0.15) is 0 Å². The maximum atomic E-state index is 10.8. The Morgan fingerprint density at radius 1 is 0.676 bits per heavy atom. The Hall–Kier alpha value is -2.00. The minimum Gasteiger partial charge on any atom is -0.396 e. The van der Waals surface area contributed by atoms with Gasteiger partial charge in [-0.1, -0.05) is 19.1 Å². The summed E-state index contributed by atoms with van der Waals surface area (Å²) >= 11 is 0. The molecule has 0 saturated heterocycles. The number of carbonyl (C=O) groups excluding carboxylic acids is 2. The van der Waals surface area contributed by atoms with Crippen molar-refractivity contribution in [3.8, 4) is 0 Å². The van der Waals surface area contributed by atoms with Crippen molar-refractivity contribution in [2.24, 2.45) is 5.41 Å². The molecule has 0 fully saturated rings. The molecule has 0 aliphatic carbocycles. The van der Waals surface area contributed by atoms with Crippen LogP contribution in [0.2, 0.25) is 0 Å². The van der Waals surface area contributed by atoms with E-state index in [1.54, 1.807) is 24.3 Å². The molecule has 0 bridgehead atoms. The zero-order valence-corrected chi connectivity index (χ0v) is 19.5. The predicted octanol–water partition coefficient (Wildman–Crippen LogP) is -1.67. The molecule has 1 aliphatic heterocycles. The van der Waals surface area contributed by atoms with E-state index in [1.807, 2.05) is 6.92 Å². The molecule has 12 heteroatoms. The zero-order valence-electron chi connectivity index (χ0n) is 19.5. The van der Waals surface area contributed by atoms with Crippen molar-refractivity contribution in [1.29, 1.82) is 0 Å². The normalized spacial score (nSPS) is 11.8. The number of aliphatic hydroxyl groups is 7. The Bertz CT molecular complexity index is 574. The molecule has 0 unspecified atom stereocenters. The molecular weight excluding hydrogens is 456 g/mol. The molecule has 0 spiro atoms. The summed E-state index contributed by atoms with van der Waals surface area (Å²) in [6.07, 6.45) is 0.594. The van der Waals surface area contributed by atoms with Gasteiger partial charge in [-0.25, -0.2) is 9.59 Å². The van der Waals surface area contributed by atoms with Crippen molar-refractivity contribution in [3.05, 3.63) is 35.4 Å². The number of benzene rings is 1. The quantitative estimate of drug-likeness (QED) is 0.0990. The van der Waals surface area contributed by atoms with Gasteiger partial charge in [0, 0.05) is 5.41 Å². The van der Waals surface area contributed by atoms with Crippen LogP contribution in [0.25, 0.3) is 0 Å². The molecule has 12 nitrogen and oxygen atoms in total. The molecule has 1 aromatic rings. The second kappa shape index (κ2) is 22.8. The molecule has 1 aliphatic rings. The number of cyclic esters (lactones) is 2. The largest absolute Gasteiger partial charge is 0.396 e. The highest BCUT2D eigenvalue weighted by molar-refractivity contribution is 6.14. The average molecular weight is 495 g/mol. The third kappa shape index (κ3) is 15.0. The van der Waals surface area contributed by atoms with Crippen LogP contribution in [0.1, 0.15) is 34.1 Å². The van der Waals surface area contributed by atoms with E-state index in [0.717, 1.165) is 0 Å². The van der Waals surface area contributed by atoms with Gasteiger partial charge in [-0.05, 0) is 18.6 Å². The maximum absolute atomic E-state index is 10.8. The molecule has 0 aromatic heterocycles. The second-order valence-corrected chi connectivity index (χ2v) is 6.67. The highest BCUT2D eigenvalue weighted by Crippen LogP contribution is 2.19. The van der Waals surface area contributed by atoms with Crippen LogP contribution in [0.15, 0.2) is 24.3 Å². The Labute approximate surface area is 199 Å². The SMILES string of the molecule is CCC(CO)(CO)CO.O=C1OC(=O)c2ccccc21.OCCO.OCCOCCOCCO. The van der Waals surface area contributed by atoms with Crippen LogP contribution < -0.4 is 0 Å². The van der Waals surface area contributed by atoms with Gasteiger partial charge in [0.2, 0.25) is 0 Å². The predicted molar refractivity (Wildman–Crippen MR) is 120 cm³/mol. The van der Waals surface area contributed by atoms with Crippen molar-refractivity contribution >= 4 is 11.9 Å². The first-order chi connectivity index (χ1) is 16.4. The van der Waals surface area contributed by atoms with Crippen LogP contribution >= 0.6 is 0 Å². The molecule has 1 heterocycles. The monoisotopic (exact) mass is 494 g/mol. The van der Waals surface area contributed by atoms with Crippen molar-refractivity contribution in [2.75, 3.05) is 72.7 Å². The van der Waals surface area contributed by atoms with Crippen molar-refractivity contribution in [3.63, 3.8) is 0 Å². The number of hydrogen-bond acceptors (Lipinski definition) is 12. The molecular formula is C22H38O12. The fourth-order valence-corrected chi connectivity index (χ4v) is 1.97. The Balaban J connectivity index is 0. The lowest BCUT2D eigenvalue weighted by atomic mass is 9.88. The van der Waals surface area contributed by atoms with E-state index < -0.39 is 17.4 Å². The Morgan fingerprint density at radius 2 is 1.06 bits per heavy atom. The van der Waals surface area contributed by atoms with Crippen LogP contribution in [0.5, 0.6) is 0 Å². The zero-order chi connectivity index (χ0) is 26.2. The third-order valence-electron chi connectivity index (χ3n) is 4.25. The second-order valence-electron chi connectivity index (χ2n) is 6.67. The number of rotatable bonds is 12. The highest BCUT2D eigenvalue weighted by Gasteiger charge is 2.28. The number of fused-ring (bicyclic) bond motifs is 1. The standard InChI is InChI=1S/C8H4O3.C6H14O4.C6H14O3.C2H6O2/c9-7-5-3-1-2-4-6(5)8(10)11-7;7-1-3-9-5-6-10-4-2-8;1-2-6(3-7,4-8)5-9;3-1-2-4/h1-4H;7-8H,1-6H2;7-9H,2-5H2,1H3;3-4H,1-2H2. The molecule has 0 atom stereocenters. The summed E-state index contributed by atoms with van der Waals surface area (Å²) in [6, 6.07) is 6.53. The van der Waals surface area contributed by atoms with E-state index in [-0.39, 0.29) is 46.2 Å². The van der Waals surface area contributed by atoms with Gasteiger partial charge in [-0.2, -0.15) is 0 Å². The van der Waals surface area contributed by atoms with Crippen molar-refractivity contribution < 1.29 is 59.5 Å². The summed E-state index contributed by atoms with van der Waals surface area (Å²) in [4.78, 5) is 21.7. The first-order valence-corrected chi connectivity index (χ1v) is 10.6. The molecule has 34 heavy (non-hydrogen) atoms. The van der Waals surface area contributed by atoms with Crippen LogP contribution in [0.3, 0.4) is 0 Å². The lowest BCUT2D eigenvalue weighted by molar-refractivity contribution is 0.00303. The average Bonchev–Trinajstić information content (AvgIpc) is 3.17.